The predicted octanol–water partition coefficient (Wildman–Crippen LogP) is 4.29. The van der Waals surface area contributed by atoms with E-state index in [9.17, 15) is 0 Å². The number of aryl methyl sites for hydroxylation is 1. The van der Waals surface area contributed by atoms with Crippen LogP contribution in [0.3, 0.4) is 0 Å². The Morgan fingerprint density at radius 1 is 1.25 bits per heavy atom. The Morgan fingerprint density at radius 2 is 1.83 bits per heavy atom. The van der Waals surface area contributed by atoms with Crippen molar-refractivity contribution >= 4 is 31.9 Å². The first-order chi connectivity index (χ1) is 5.68. The van der Waals surface area contributed by atoms with Gasteiger partial charge in [-0.1, -0.05) is 50.6 Å². The maximum atomic E-state index is 3.80. The van der Waals surface area contributed by atoms with Crippen molar-refractivity contribution < 1.29 is 0 Å². The van der Waals surface area contributed by atoms with Crippen LogP contribution in [0.2, 0.25) is 0 Å². The van der Waals surface area contributed by atoms with Gasteiger partial charge in [-0.15, -0.1) is 0 Å². The second-order valence-corrected chi connectivity index (χ2v) is 4.68. The van der Waals surface area contributed by atoms with E-state index in [1.165, 1.54) is 5.56 Å². The first-order valence-corrected chi connectivity index (χ1v) is 5.35. The van der Waals surface area contributed by atoms with E-state index < -0.39 is 0 Å². The highest BCUT2D eigenvalue weighted by molar-refractivity contribution is 9.11. The Morgan fingerprint density at radius 3 is 2.33 bits per heavy atom. The molecule has 0 saturated carbocycles. The van der Waals surface area contributed by atoms with Crippen LogP contribution < -0.4 is 0 Å². The molecule has 0 atom stereocenters. The number of rotatable bonds is 3. The highest BCUT2D eigenvalue weighted by atomic mass is 79.9. The van der Waals surface area contributed by atoms with Gasteiger partial charge in [0.1, 0.15) is 0 Å². The van der Waals surface area contributed by atoms with E-state index in [0.717, 1.165) is 21.8 Å². The summed E-state index contributed by atoms with van der Waals surface area (Å²) in [6, 6.07) is 8.37. The van der Waals surface area contributed by atoms with E-state index in [-0.39, 0.29) is 0 Å². The highest BCUT2D eigenvalue weighted by Crippen LogP contribution is 2.15. The van der Waals surface area contributed by atoms with Gasteiger partial charge in [0, 0.05) is 4.47 Å². The fourth-order valence-electron chi connectivity index (χ4n) is 0.931. The van der Waals surface area contributed by atoms with Crippen molar-refractivity contribution in [3.8, 4) is 0 Å². The zero-order chi connectivity index (χ0) is 8.97. The zero-order valence-corrected chi connectivity index (χ0v) is 9.86. The maximum Gasteiger partial charge on any atom is 0.0175 e. The Kier molecular flexibility index (Phi) is 4.02. The Balaban J connectivity index is 2.53. The van der Waals surface area contributed by atoms with Crippen LogP contribution in [-0.2, 0) is 6.42 Å². The second-order valence-electron chi connectivity index (χ2n) is 2.64. The first-order valence-electron chi connectivity index (χ1n) is 3.76. The topological polar surface area (TPSA) is 0 Å². The lowest BCUT2D eigenvalue weighted by molar-refractivity contribution is 0.995. The number of allylic oxidation sites excluding steroid dienone is 1. The van der Waals surface area contributed by atoms with Crippen molar-refractivity contribution in [3.05, 3.63) is 45.4 Å². The van der Waals surface area contributed by atoms with Crippen LogP contribution >= 0.6 is 31.9 Å². The largest absolute Gasteiger partial charge is 0.0888 e. The summed E-state index contributed by atoms with van der Waals surface area (Å²) in [6.07, 6.45) is 2.05. The molecule has 0 nitrogen and oxygen atoms in total. The van der Waals surface area contributed by atoms with Crippen LogP contribution in [0.25, 0.3) is 0 Å². The van der Waals surface area contributed by atoms with Gasteiger partial charge in [0.25, 0.3) is 0 Å². The molecule has 64 valence electrons. The zero-order valence-electron chi connectivity index (χ0n) is 6.69. The fraction of sp³-hybridized carbons (Fsp3) is 0.200. The summed E-state index contributed by atoms with van der Waals surface area (Å²) in [7, 11) is 0. The molecular formula is C10H10Br2. The third-order valence-corrected chi connectivity index (χ3v) is 2.52. The molecule has 0 amide bonds. The van der Waals surface area contributed by atoms with E-state index in [0.29, 0.717) is 0 Å². The monoisotopic (exact) mass is 288 g/mol. The Labute approximate surface area is 89.9 Å². The first kappa shape index (κ1) is 10.0. The summed E-state index contributed by atoms with van der Waals surface area (Å²) in [4.78, 5) is 0. The molecule has 2 heteroatoms. The predicted molar refractivity (Wildman–Crippen MR) is 60.5 cm³/mol. The van der Waals surface area contributed by atoms with Crippen molar-refractivity contribution in [2.45, 2.75) is 12.8 Å². The third-order valence-electron chi connectivity index (χ3n) is 1.60. The van der Waals surface area contributed by atoms with Crippen LogP contribution in [-0.4, -0.2) is 0 Å². The van der Waals surface area contributed by atoms with Gasteiger partial charge in [-0.3, -0.25) is 0 Å². The van der Waals surface area contributed by atoms with Crippen LogP contribution in [0.5, 0.6) is 0 Å². The lowest BCUT2D eigenvalue weighted by Crippen LogP contribution is -1.83. The van der Waals surface area contributed by atoms with Crippen LogP contribution in [0.15, 0.2) is 39.8 Å². The molecule has 0 unspecified atom stereocenters. The molecule has 0 fully saturated rings. The summed E-state index contributed by atoms with van der Waals surface area (Å²) >= 11 is 6.74. The molecule has 1 aromatic rings. The number of benzene rings is 1. The quantitative estimate of drug-likeness (QED) is 0.779. The lowest BCUT2D eigenvalue weighted by atomic mass is 10.1. The molecule has 0 saturated heterocycles. The van der Waals surface area contributed by atoms with Crippen molar-refractivity contribution in [3.63, 3.8) is 0 Å². The highest BCUT2D eigenvalue weighted by Gasteiger charge is 1.93. The van der Waals surface area contributed by atoms with Crippen LogP contribution in [0, 0.1) is 0 Å². The van der Waals surface area contributed by atoms with Gasteiger partial charge < -0.3 is 0 Å². The minimum Gasteiger partial charge on any atom is -0.0888 e. The number of hydrogen-bond donors (Lipinski definition) is 0. The summed E-state index contributed by atoms with van der Waals surface area (Å²) in [5, 5.41) is 0. The lowest BCUT2D eigenvalue weighted by Gasteiger charge is -1.99. The molecule has 0 aliphatic carbocycles. The van der Waals surface area contributed by atoms with Crippen molar-refractivity contribution in [2.75, 3.05) is 0 Å². The van der Waals surface area contributed by atoms with E-state index in [1.807, 2.05) is 0 Å². The fourth-order valence-corrected chi connectivity index (χ4v) is 1.39. The minimum absolute atomic E-state index is 1.00. The SMILES string of the molecule is C=C(Br)CCc1ccc(Br)cc1. The molecule has 0 spiro atoms. The molecule has 1 rings (SSSR count). The smallest absolute Gasteiger partial charge is 0.0175 e. The molecule has 0 N–H and O–H groups in total. The van der Waals surface area contributed by atoms with E-state index in [1.54, 1.807) is 0 Å². The van der Waals surface area contributed by atoms with Crippen molar-refractivity contribution in [2.24, 2.45) is 0 Å². The van der Waals surface area contributed by atoms with E-state index >= 15 is 0 Å². The van der Waals surface area contributed by atoms with E-state index in [4.69, 9.17) is 0 Å². The van der Waals surface area contributed by atoms with Gasteiger partial charge in [-0.25, -0.2) is 0 Å². The summed E-state index contributed by atoms with van der Waals surface area (Å²) in [5.74, 6) is 0. The normalized spacial score (nSPS) is 9.83. The second kappa shape index (κ2) is 4.83. The van der Waals surface area contributed by atoms with E-state index in [2.05, 4.69) is 62.7 Å². The van der Waals surface area contributed by atoms with Crippen molar-refractivity contribution in [1.29, 1.82) is 0 Å². The van der Waals surface area contributed by atoms with Gasteiger partial charge >= 0.3 is 0 Å². The van der Waals surface area contributed by atoms with Gasteiger partial charge in [-0.05, 0) is 35.0 Å². The number of halogens is 2. The van der Waals surface area contributed by atoms with Crippen LogP contribution in [0.1, 0.15) is 12.0 Å². The molecule has 1 aromatic carbocycles. The van der Waals surface area contributed by atoms with Gasteiger partial charge in [0.05, 0.1) is 0 Å². The molecule has 12 heavy (non-hydrogen) atoms. The molecule has 0 heterocycles. The molecule has 0 aliphatic rings. The van der Waals surface area contributed by atoms with Gasteiger partial charge in [0.15, 0.2) is 0 Å². The molecule has 0 aliphatic heterocycles. The summed E-state index contributed by atoms with van der Waals surface area (Å²) in [5.41, 5.74) is 1.35. The molecule has 0 aromatic heterocycles. The standard InChI is InChI=1S/C10H10Br2/c1-8(11)2-3-9-4-6-10(12)7-5-9/h4-7H,1-3H2. The minimum atomic E-state index is 1.00. The van der Waals surface area contributed by atoms with Crippen molar-refractivity contribution in [1.82, 2.24) is 0 Å². The Bertz CT molecular complexity index is 262. The van der Waals surface area contributed by atoms with Gasteiger partial charge in [0.2, 0.25) is 0 Å². The van der Waals surface area contributed by atoms with Gasteiger partial charge in [-0.2, -0.15) is 0 Å². The summed E-state index contributed by atoms with van der Waals surface area (Å²) < 4.78 is 2.19. The summed E-state index contributed by atoms with van der Waals surface area (Å²) in [6.45, 7) is 3.80. The number of hydrogen-bond acceptors (Lipinski definition) is 0. The Hall–Kier alpha value is -0.0800. The third kappa shape index (κ3) is 3.55. The molecule has 0 radical (unpaired) electrons. The molecular weight excluding hydrogens is 280 g/mol. The van der Waals surface area contributed by atoms with Crippen LogP contribution in [0.4, 0.5) is 0 Å². The average Bonchev–Trinajstić information content (AvgIpc) is 2.03. The molecule has 0 bridgehead atoms. The maximum absolute atomic E-state index is 3.80. The average molecular weight is 290 g/mol.